The molecule has 1 aliphatic carbocycles. The van der Waals surface area contributed by atoms with Gasteiger partial charge in [0.1, 0.15) is 0 Å². The van der Waals surface area contributed by atoms with E-state index < -0.39 is 0 Å². The highest BCUT2D eigenvalue weighted by molar-refractivity contribution is 5.75. The van der Waals surface area contributed by atoms with Crippen molar-refractivity contribution in [2.75, 3.05) is 19.8 Å². The Morgan fingerprint density at radius 3 is 2.62 bits per heavy atom. The Labute approximate surface area is 145 Å². The molecule has 0 radical (unpaired) electrons. The van der Waals surface area contributed by atoms with E-state index in [2.05, 4.69) is 5.32 Å². The molecule has 24 heavy (non-hydrogen) atoms. The van der Waals surface area contributed by atoms with E-state index in [1.165, 1.54) is 37.7 Å². The van der Waals surface area contributed by atoms with Crippen LogP contribution in [0.1, 0.15) is 62.2 Å². The van der Waals surface area contributed by atoms with Crippen molar-refractivity contribution in [3.05, 3.63) is 35.4 Å². The highest BCUT2D eigenvalue weighted by Crippen LogP contribution is 2.27. The van der Waals surface area contributed by atoms with Crippen molar-refractivity contribution in [3.8, 4) is 0 Å². The molecule has 0 aliphatic heterocycles. The molecule has 134 valence electrons. The maximum Gasteiger partial charge on any atom is 0.220 e. The number of nitrogens with one attached hydrogen (secondary N) is 1. The van der Waals surface area contributed by atoms with Crippen LogP contribution in [-0.2, 0) is 9.53 Å². The third kappa shape index (κ3) is 6.62. The van der Waals surface area contributed by atoms with Gasteiger partial charge in [-0.2, -0.15) is 0 Å². The number of carbonyl (C=O) groups is 1. The van der Waals surface area contributed by atoms with Crippen molar-refractivity contribution in [2.24, 2.45) is 5.92 Å². The van der Waals surface area contributed by atoms with Crippen molar-refractivity contribution in [1.29, 1.82) is 0 Å². The normalized spacial score (nSPS) is 16.8. The number of rotatable bonds is 9. The second-order valence-electron chi connectivity index (χ2n) is 6.84. The maximum absolute atomic E-state index is 12.1. The highest BCUT2D eigenvalue weighted by atomic mass is 16.5. The Balaban J connectivity index is 1.78. The van der Waals surface area contributed by atoms with Crippen LogP contribution in [-0.4, -0.2) is 30.8 Å². The summed E-state index contributed by atoms with van der Waals surface area (Å²) in [6.07, 6.45) is 7.93. The molecular weight excluding hydrogens is 302 g/mol. The summed E-state index contributed by atoms with van der Waals surface area (Å²) in [6, 6.07) is 8.11. The molecule has 1 amide bonds. The molecule has 0 heterocycles. The number of ether oxygens (including phenoxy) is 1. The molecule has 2 N–H and O–H groups in total. The minimum atomic E-state index is -0.212. The Morgan fingerprint density at radius 1 is 1.25 bits per heavy atom. The molecule has 1 aliphatic rings. The second kappa shape index (κ2) is 10.5. The van der Waals surface area contributed by atoms with Crippen molar-refractivity contribution < 1.29 is 14.6 Å². The first-order valence-electron chi connectivity index (χ1n) is 9.24. The lowest BCUT2D eigenvalue weighted by atomic mass is 9.86. The summed E-state index contributed by atoms with van der Waals surface area (Å²) in [7, 11) is 0. The van der Waals surface area contributed by atoms with E-state index in [9.17, 15) is 4.79 Å². The van der Waals surface area contributed by atoms with Gasteiger partial charge < -0.3 is 15.2 Å². The second-order valence-corrected chi connectivity index (χ2v) is 6.84. The van der Waals surface area contributed by atoms with E-state index in [-0.39, 0.29) is 25.2 Å². The van der Waals surface area contributed by atoms with Crippen LogP contribution < -0.4 is 5.32 Å². The predicted molar refractivity (Wildman–Crippen MR) is 95.8 cm³/mol. The fourth-order valence-electron chi connectivity index (χ4n) is 3.36. The van der Waals surface area contributed by atoms with Crippen LogP contribution >= 0.6 is 0 Å². The van der Waals surface area contributed by atoms with Gasteiger partial charge in [-0.25, -0.2) is 0 Å². The van der Waals surface area contributed by atoms with E-state index >= 15 is 0 Å². The van der Waals surface area contributed by atoms with E-state index in [1.54, 1.807) is 0 Å². The zero-order valence-electron chi connectivity index (χ0n) is 14.8. The Morgan fingerprint density at radius 2 is 1.96 bits per heavy atom. The highest BCUT2D eigenvalue weighted by Gasteiger charge is 2.16. The first-order valence-corrected chi connectivity index (χ1v) is 9.24. The summed E-state index contributed by atoms with van der Waals surface area (Å²) in [6.45, 7) is 2.75. The molecule has 1 unspecified atom stereocenters. The summed E-state index contributed by atoms with van der Waals surface area (Å²) in [5, 5.41) is 12.0. The van der Waals surface area contributed by atoms with E-state index in [0.29, 0.717) is 13.0 Å². The van der Waals surface area contributed by atoms with Crippen molar-refractivity contribution >= 4 is 5.91 Å². The summed E-state index contributed by atoms with van der Waals surface area (Å²) in [4.78, 5) is 12.1. The number of hydrogen-bond donors (Lipinski definition) is 2. The average Bonchev–Trinajstić information content (AvgIpc) is 2.62. The summed E-state index contributed by atoms with van der Waals surface area (Å²) < 4.78 is 5.70. The molecule has 4 heteroatoms. The van der Waals surface area contributed by atoms with Crippen LogP contribution in [0.4, 0.5) is 0 Å². The quantitative estimate of drug-likeness (QED) is 0.727. The number of aliphatic hydroxyl groups excluding tert-OH is 1. The molecule has 4 nitrogen and oxygen atoms in total. The van der Waals surface area contributed by atoms with Crippen LogP contribution in [0.3, 0.4) is 0 Å². The largest absolute Gasteiger partial charge is 0.394 e. The zero-order valence-corrected chi connectivity index (χ0v) is 14.8. The molecule has 2 rings (SSSR count). The van der Waals surface area contributed by atoms with Crippen molar-refractivity contribution in [2.45, 2.75) is 58.0 Å². The number of carbonyl (C=O) groups excluding carboxylic acids is 1. The summed E-state index contributed by atoms with van der Waals surface area (Å²) >= 11 is 0. The Hall–Kier alpha value is -1.39. The fraction of sp³-hybridized carbons (Fsp3) is 0.650. The Kier molecular flexibility index (Phi) is 8.26. The molecule has 0 aromatic heterocycles. The minimum Gasteiger partial charge on any atom is -0.394 e. The van der Waals surface area contributed by atoms with E-state index in [4.69, 9.17) is 9.84 Å². The van der Waals surface area contributed by atoms with Gasteiger partial charge in [0.05, 0.1) is 19.3 Å². The smallest absolute Gasteiger partial charge is 0.220 e. The molecule has 1 fully saturated rings. The fourth-order valence-corrected chi connectivity index (χ4v) is 3.36. The average molecular weight is 333 g/mol. The predicted octanol–water partition coefficient (Wildman–Crippen LogP) is 3.52. The summed E-state index contributed by atoms with van der Waals surface area (Å²) in [5.74, 6) is 0.827. The number of aryl methyl sites for hydroxylation is 1. The van der Waals surface area contributed by atoms with Gasteiger partial charge in [-0.15, -0.1) is 0 Å². The zero-order chi connectivity index (χ0) is 17.2. The van der Waals surface area contributed by atoms with Crippen LogP contribution in [0.2, 0.25) is 0 Å². The van der Waals surface area contributed by atoms with Gasteiger partial charge in [-0.1, -0.05) is 61.9 Å². The lowest BCUT2D eigenvalue weighted by Crippen LogP contribution is -2.30. The summed E-state index contributed by atoms with van der Waals surface area (Å²) in [5.41, 5.74) is 2.22. The van der Waals surface area contributed by atoms with Gasteiger partial charge in [-0.05, 0) is 24.8 Å². The minimum absolute atomic E-state index is 0.0159. The molecule has 1 atom stereocenters. The number of aliphatic hydroxyl groups is 1. The topological polar surface area (TPSA) is 58.6 Å². The lowest BCUT2D eigenvalue weighted by Gasteiger charge is -2.22. The third-order valence-corrected chi connectivity index (χ3v) is 4.85. The SMILES string of the molecule is Cc1ccc(C(CNC(=O)CCC2CCCCC2)OCCO)cc1. The van der Waals surface area contributed by atoms with Gasteiger partial charge in [-0.3, -0.25) is 4.79 Å². The van der Waals surface area contributed by atoms with Crippen LogP contribution in [0.5, 0.6) is 0 Å². The van der Waals surface area contributed by atoms with Gasteiger partial charge in [0.15, 0.2) is 0 Å². The van der Waals surface area contributed by atoms with Gasteiger partial charge in [0, 0.05) is 13.0 Å². The van der Waals surface area contributed by atoms with Crippen molar-refractivity contribution in [3.63, 3.8) is 0 Å². The molecule has 0 spiro atoms. The molecule has 0 saturated heterocycles. The van der Waals surface area contributed by atoms with Gasteiger partial charge in [0.25, 0.3) is 0 Å². The van der Waals surface area contributed by atoms with Crippen LogP contribution in [0.15, 0.2) is 24.3 Å². The maximum atomic E-state index is 12.1. The molecular formula is C20H31NO3. The van der Waals surface area contributed by atoms with E-state index in [1.807, 2.05) is 31.2 Å². The first-order chi connectivity index (χ1) is 11.7. The molecule has 1 saturated carbocycles. The van der Waals surface area contributed by atoms with Gasteiger partial charge >= 0.3 is 0 Å². The molecule has 1 aromatic carbocycles. The third-order valence-electron chi connectivity index (χ3n) is 4.85. The standard InChI is InChI=1S/C20H31NO3/c1-16-7-10-18(11-8-16)19(24-14-13-22)15-21-20(23)12-9-17-5-3-2-4-6-17/h7-8,10-11,17,19,22H,2-6,9,12-15H2,1H3,(H,21,23). The van der Waals surface area contributed by atoms with Crippen LogP contribution in [0.25, 0.3) is 0 Å². The number of benzene rings is 1. The Bertz CT molecular complexity index is 480. The van der Waals surface area contributed by atoms with Crippen molar-refractivity contribution in [1.82, 2.24) is 5.32 Å². The van der Waals surface area contributed by atoms with Crippen LogP contribution in [0, 0.1) is 12.8 Å². The number of hydrogen-bond acceptors (Lipinski definition) is 3. The monoisotopic (exact) mass is 333 g/mol. The van der Waals surface area contributed by atoms with E-state index in [0.717, 1.165) is 17.9 Å². The first kappa shape index (κ1) is 18.9. The van der Waals surface area contributed by atoms with Gasteiger partial charge in [0.2, 0.25) is 5.91 Å². The molecule has 1 aromatic rings. The lowest BCUT2D eigenvalue weighted by molar-refractivity contribution is -0.122. The molecule has 0 bridgehead atoms. The number of amides is 1.